The summed E-state index contributed by atoms with van der Waals surface area (Å²) < 4.78 is 4.94. The molecule has 0 aliphatic carbocycles. The standard InChI is InChI=1S/C8H15NO4/c1-7(10)13-5-4-9(2,3)6-8(11)12/h4-6H2,1-3H3. The molecule has 0 radical (unpaired) electrons. The Morgan fingerprint density at radius 3 is 2.31 bits per heavy atom. The molecule has 0 N–H and O–H groups in total. The summed E-state index contributed by atoms with van der Waals surface area (Å²) in [6.07, 6.45) is 0. The van der Waals surface area contributed by atoms with Crippen LogP contribution < -0.4 is 5.11 Å². The first-order valence-electron chi connectivity index (χ1n) is 3.99. The number of quaternary nitrogens is 1. The van der Waals surface area contributed by atoms with Crippen LogP contribution in [0.1, 0.15) is 6.92 Å². The van der Waals surface area contributed by atoms with Gasteiger partial charge >= 0.3 is 5.97 Å². The number of hydrogen-bond donors (Lipinski definition) is 0. The van der Waals surface area contributed by atoms with Gasteiger partial charge in [-0.2, -0.15) is 0 Å². The van der Waals surface area contributed by atoms with Crippen molar-refractivity contribution in [3.8, 4) is 0 Å². The number of carbonyl (C=O) groups is 2. The van der Waals surface area contributed by atoms with E-state index in [2.05, 4.69) is 0 Å². The second-order valence-corrected chi connectivity index (χ2v) is 3.53. The van der Waals surface area contributed by atoms with Crippen LogP contribution in [0.25, 0.3) is 0 Å². The fourth-order valence-corrected chi connectivity index (χ4v) is 0.865. The third-order valence-electron chi connectivity index (χ3n) is 1.56. The molecule has 0 saturated carbocycles. The highest BCUT2D eigenvalue weighted by atomic mass is 16.5. The van der Waals surface area contributed by atoms with Crippen molar-refractivity contribution in [3.63, 3.8) is 0 Å². The number of ether oxygens (including phenoxy) is 1. The maximum atomic E-state index is 10.4. The summed E-state index contributed by atoms with van der Waals surface area (Å²) >= 11 is 0. The number of carboxylic acids is 1. The minimum absolute atomic E-state index is 0.0821. The minimum Gasteiger partial charge on any atom is -0.544 e. The molecule has 0 aliphatic heterocycles. The molecule has 0 heterocycles. The summed E-state index contributed by atoms with van der Waals surface area (Å²) in [5.74, 6) is -1.46. The van der Waals surface area contributed by atoms with Gasteiger partial charge in [-0.3, -0.25) is 4.79 Å². The Kier molecular flexibility index (Phi) is 4.40. The first kappa shape index (κ1) is 11.9. The summed E-state index contributed by atoms with van der Waals surface area (Å²) in [6, 6.07) is 0. The molecule has 0 fully saturated rings. The van der Waals surface area contributed by atoms with Crippen molar-refractivity contribution >= 4 is 11.9 Å². The quantitative estimate of drug-likeness (QED) is 0.385. The van der Waals surface area contributed by atoms with E-state index in [9.17, 15) is 14.7 Å². The van der Waals surface area contributed by atoms with Crippen molar-refractivity contribution in [1.29, 1.82) is 0 Å². The lowest BCUT2D eigenvalue weighted by Crippen LogP contribution is -2.49. The molecule has 0 bridgehead atoms. The zero-order valence-electron chi connectivity index (χ0n) is 8.20. The third-order valence-corrected chi connectivity index (χ3v) is 1.56. The minimum atomic E-state index is -1.10. The second-order valence-electron chi connectivity index (χ2n) is 3.53. The van der Waals surface area contributed by atoms with Crippen molar-refractivity contribution < 1.29 is 23.9 Å². The number of esters is 1. The molecule has 5 nitrogen and oxygen atoms in total. The van der Waals surface area contributed by atoms with Gasteiger partial charge in [0.15, 0.2) is 0 Å². The topological polar surface area (TPSA) is 66.4 Å². The van der Waals surface area contributed by atoms with Crippen molar-refractivity contribution in [1.82, 2.24) is 0 Å². The first-order valence-corrected chi connectivity index (χ1v) is 3.99. The zero-order valence-corrected chi connectivity index (χ0v) is 8.20. The van der Waals surface area contributed by atoms with Gasteiger partial charge in [-0.1, -0.05) is 0 Å². The zero-order chi connectivity index (χ0) is 10.5. The molecule has 0 rings (SSSR count). The van der Waals surface area contributed by atoms with E-state index in [1.54, 1.807) is 14.1 Å². The second kappa shape index (κ2) is 4.81. The van der Waals surface area contributed by atoms with E-state index in [1.165, 1.54) is 6.92 Å². The van der Waals surface area contributed by atoms with Crippen LogP contribution in [-0.4, -0.2) is 50.2 Å². The number of likely N-dealkylation sites (N-methyl/N-ethyl adjacent to an activating group) is 1. The molecule has 0 atom stereocenters. The van der Waals surface area contributed by atoms with E-state index in [0.29, 0.717) is 6.54 Å². The van der Waals surface area contributed by atoms with Gasteiger partial charge < -0.3 is 19.1 Å². The maximum Gasteiger partial charge on any atom is 0.302 e. The van der Waals surface area contributed by atoms with Gasteiger partial charge in [-0.25, -0.2) is 0 Å². The summed E-state index contributed by atoms with van der Waals surface area (Å²) in [6.45, 7) is 1.93. The van der Waals surface area contributed by atoms with Crippen LogP contribution in [0.3, 0.4) is 0 Å². The number of rotatable bonds is 5. The predicted molar refractivity (Wildman–Crippen MR) is 43.5 cm³/mol. The molecule has 0 unspecified atom stereocenters. The number of aliphatic carboxylic acids is 1. The normalized spacial score (nSPS) is 11.0. The molecule has 5 heteroatoms. The van der Waals surface area contributed by atoms with Gasteiger partial charge in [0, 0.05) is 6.92 Å². The van der Waals surface area contributed by atoms with Crippen molar-refractivity contribution in [2.75, 3.05) is 33.8 Å². The Hall–Kier alpha value is -1.10. The highest BCUT2D eigenvalue weighted by Crippen LogP contribution is 1.95. The lowest BCUT2D eigenvalue weighted by Gasteiger charge is -2.29. The average Bonchev–Trinajstić information content (AvgIpc) is 1.81. The number of carbonyl (C=O) groups excluding carboxylic acids is 2. The highest BCUT2D eigenvalue weighted by Gasteiger charge is 2.15. The first-order chi connectivity index (χ1) is 5.83. The molecule has 13 heavy (non-hydrogen) atoms. The van der Waals surface area contributed by atoms with E-state index >= 15 is 0 Å². The van der Waals surface area contributed by atoms with Crippen LogP contribution in [0.2, 0.25) is 0 Å². The predicted octanol–water partition coefficient (Wildman–Crippen LogP) is -1.62. The van der Waals surface area contributed by atoms with E-state index < -0.39 is 5.97 Å². The van der Waals surface area contributed by atoms with Crippen LogP contribution in [0.15, 0.2) is 0 Å². The van der Waals surface area contributed by atoms with Crippen LogP contribution in [-0.2, 0) is 14.3 Å². The molecule has 76 valence electrons. The van der Waals surface area contributed by atoms with Crippen molar-refractivity contribution in [3.05, 3.63) is 0 Å². The molecular weight excluding hydrogens is 174 g/mol. The molecule has 0 aliphatic rings. The van der Waals surface area contributed by atoms with Gasteiger partial charge in [0.25, 0.3) is 0 Å². The number of carboxylic acid groups (broad SMARTS) is 1. The molecule has 0 saturated heterocycles. The molecule has 0 aromatic carbocycles. The lowest BCUT2D eigenvalue weighted by molar-refractivity contribution is -0.884. The molecular formula is C8H15NO4. The lowest BCUT2D eigenvalue weighted by atomic mass is 10.4. The SMILES string of the molecule is CC(=O)OCC[N+](C)(C)CC(=O)[O-]. The third kappa shape index (κ3) is 7.27. The van der Waals surface area contributed by atoms with E-state index in [-0.39, 0.29) is 23.6 Å². The Morgan fingerprint density at radius 2 is 1.92 bits per heavy atom. The molecule has 0 aromatic heterocycles. The number of nitrogens with zero attached hydrogens (tertiary/aromatic N) is 1. The monoisotopic (exact) mass is 189 g/mol. The van der Waals surface area contributed by atoms with Crippen molar-refractivity contribution in [2.45, 2.75) is 6.92 Å². The number of hydrogen-bond acceptors (Lipinski definition) is 4. The molecule has 0 aromatic rings. The van der Waals surface area contributed by atoms with Crippen LogP contribution in [0.5, 0.6) is 0 Å². The Morgan fingerprint density at radius 1 is 1.38 bits per heavy atom. The molecule has 0 spiro atoms. The summed E-state index contributed by atoms with van der Waals surface area (Å²) in [4.78, 5) is 20.7. The Balaban J connectivity index is 3.75. The van der Waals surface area contributed by atoms with Crippen LogP contribution in [0, 0.1) is 0 Å². The fraction of sp³-hybridized carbons (Fsp3) is 0.750. The van der Waals surface area contributed by atoms with Gasteiger partial charge in [-0.05, 0) is 0 Å². The van der Waals surface area contributed by atoms with E-state index in [4.69, 9.17) is 4.74 Å². The Bertz CT molecular complexity index is 200. The Labute approximate surface area is 77.5 Å². The van der Waals surface area contributed by atoms with Crippen LogP contribution in [0.4, 0.5) is 0 Å². The summed E-state index contributed by atoms with van der Waals surface area (Å²) in [5, 5.41) is 10.3. The van der Waals surface area contributed by atoms with Crippen LogP contribution >= 0.6 is 0 Å². The summed E-state index contributed by atoms with van der Waals surface area (Å²) in [7, 11) is 3.47. The van der Waals surface area contributed by atoms with E-state index in [0.717, 1.165) is 0 Å². The van der Waals surface area contributed by atoms with Crippen molar-refractivity contribution in [2.24, 2.45) is 0 Å². The van der Waals surface area contributed by atoms with Gasteiger partial charge in [0.1, 0.15) is 19.7 Å². The van der Waals surface area contributed by atoms with E-state index in [1.807, 2.05) is 0 Å². The highest BCUT2D eigenvalue weighted by molar-refractivity contribution is 5.66. The largest absolute Gasteiger partial charge is 0.544 e. The fourth-order valence-electron chi connectivity index (χ4n) is 0.865. The van der Waals surface area contributed by atoms with Gasteiger partial charge in [-0.15, -0.1) is 0 Å². The summed E-state index contributed by atoms with van der Waals surface area (Å²) in [5.41, 5.74) is 0. The maximum absolute atomic E-state index is 10.4. The van der Waals surface area contributed by atoms with Gasteiger partial charge in [0.05, 0.1) is 20.1 Å². The smallest absolute Gasteiger partial charge is 0.302 e. The molecule has 0 amide bonds. The average molecular weight is 189 g/mol. The van der Waals surface area contributed by atoms with Gasteiger partial charge in [0.2, 0.25) is 0 Å².